The largest absolute Gasteiger partial charge is 0.508 e. The number of nitrogens with zero attached hydrogens (tertiary/aromatic N) is 2. The van der Waals surface area contributed by atoms with Crippen LogP contribution in [0, 0.1) is 0 Å². The van der Waals surface area contributed by atoms with Gasteiger partial charge in [0.25, 0.3) is 0 Å². The molecule has 2 heterocycles. The molecular formula is C12H14N4O. The molecule has 0 saturated carbocycles. The van der Waals surface area contributed by atoms with Crippen LogP contribution in [0.25, 0.3) is 11.4 Å². The van der Waals surface area contributed by atoms with Crippen LogP contribution in [-0.2, 0) is 0 Å². The molecule has 0 bridgehead atoms. The van der Waals surface area contributed by atoms with Gasteiger partial charge in [0.05, 0.1) is 6.04 Å². The first-order valence-corrected chi connectivity index (χ1v) is 5.78. The van der Waals surface area contributed by atoms with E-state index < -0.39 is 0 Å². The zero-order valence-corrected chi connectivity index (χ0v) is 9.35. The van der Waals surface area contributed by atoms with E-state index in [1.54, 1.807) is 12.1 Å². The maximum Gasteiger partial charge on any atom is 0.181 e. The number of phenols is 1. The number of aromatic nitrogens is 3. The van der Waals surface area contributed by atoms with Crippen LogP contribution in [0.4, 0.5) is 0 Å². The first-order valence-electron chi connectivity index (χ1n) is 5.78. The third-order valence-electron chi connectivity index (χ3n) is 3.02. The third-order valence-corrected chi connectivity index (χ3v) is 3.02. The second kappa shape index (κ2) is 4.18. The third kappa shape index (κ3) is 2.01. The number of aromatic amines is 1. The number of rotatable bonds is 2. The molecule has 1 saturated heterocycles. The van der Waals surface area contributed by atoms with Gasteiger partial charge in [-0.1, -0.05) is 0 Å². The predicted octanol–water partition coefficient (Wildman–Crippen LogP) is 1.60. The lowest BCUT2D eigenvalue weighted by atomic mass is 10.2. The summed E-state index contributed by atoms with van der Waals surface area (Å²) in [5, 5.41) is 19.8. The van der Waals surface area contributed by atoms with E-state index in [0.29, 0.717) is 11.9 Å². The van der Waals surface area contributed by atoms with Gasteiger partial charge in [-0.25, -0.2) is 4.98 Å². The average molecular weight is 230 g/mol. The van der Waals surface area contributed by atoms with Crippen molar-refractivity contribution in [3.8, 4) is 17.1 Å². The predicted molar refractivity (Wildman–Crippen MR) is 63.5 cm³/mol. The lowest BCUT2D eigenvalue weighted by Gasteiger charge is -2.03. The molecule has 1 aliphatic heterocycles. The fourth-order valence-corrected chi connectivity index (χ4v) is 2.09. The first kappa shape index (κ1) is 10.3. The van der Waals surface area contributed by atoms with Gasteiger partial charge in [0.2, 0.25) is 0 Å². The van der Waals surface area contributed by atoms with E-state index in [-0.39, 0.29) is 5.75 Å². The molecule has 1 atom stereocenters. The van der Waals surface area contributed by atoms with E-state index in [2.05, 4.69) is 20.5 Å². The maximum atomic E-state index is 9.22. The van der Waals surface area contributed by atoms with Gasteiger partial charge in [0.15, 0.2) is 5.82 Å². The zero-order chi connectivity index (χ0) is 11.7. The highest BCUT2D eigenvalue weighted by molar-refractivity contribution is 5.55. The van der Waals surface area contributed by atoms with Crippen molar-refractivity contribution < 1.29 is 5.11 Å². The summed E-state index contributed by atoms with van der Waals surface area (Å²) in [5.41, 5.74) is 0.906. The highest BCUT2D eigenvalue weighted by Crippen LogP contribution is 2.23. The number of phenolic OH excluding ortho intramolecular Hbond substituents is 1. The summed E-state index contributed by atoms with van der Waals surface area (Å²) in [7, 11) is 0. The van der Waals surface area contributed by atoms with Crippen molar-refractivity contribution >= 4 is 0 Å². The minimum Gasteiger partial charge on any atom is -0.508 e. The van der Waals surface area contributed by atoms with Crippen LogP contribution in [0.15, 0.2) is 24.3 Å². The molecule has 88 valence electrons. The van der Waals surface area contributed by atoms with Crippen LogP contribution in [0.5, 0.6) is 5.75 Å². The standard InChI is InChI=1S/C12H14N4O/c17-9-5-3-8(4-6-9)11-14-12(16-15-11)10-2-1-7-13-10/h3-6,10,13,17H,1-2,7H2,(H,14,15,16). The van der Waals surface area contributed by atoms with E-state index in [9.17, 15) is 5.11 Å². The van der Waals surface area contributed by atoms with Crippen molar-refractivity contribution in [3.05, 3.63) is 30.1 Å². The smallest absolute Gasteiger partial charge is 0.181 e. The molecule has 1 unspecified atom stereocenters. The molecule has 1 aromatic heterocycles. The van der Waals surface area contributed by atoms with Gasteiger partial charge in [0, 0.05) is 5.56 Å². The number of H-pyrrole nitrogens is 1. The highest BCUT2D eigenvalue weighted by Gasteiger charge is 2.20. The summed E-state index contributed by atoms with van der Waals surface area (Å²) >= 11 is 0. The Morgan fingerprint density at radius 2 is 2.06 bits per heavy atom. The van der Waals surface area contributed by atoms with Crippen LogP contribution < -0.4 is 5.32 Å². The summed E-state index contributed by atoms with van der Waals surface area (Å²) < 4.78 is 0. The van der Waals surface area contributed by atoms with Crippen molar-refractivity contribution in [2.45, 2.75) is 18.9 Å². The molecule has 0 spiro atoms. The Bertz CT molecular complexity index is 499. The minimum atomic E-state index is 0.252. The van der Waals surface area contributed by atoms with E-state index in [4.69, 9.17) is 0 Å². The second-order valence-corrected chi connectivity index (χ2v) is 4.24. The quantitative estimate of drug-likeness (QED) is 0.732. The van der Waals surface area contributed by atoms with E-state index >= 15 is 0 Å². The van der Waals surface area contributed by atoms with Gasteiger partial charge in [-0.2, -0.15) is 5.10 Å². The van der Waals surface area contributed by atoms with E-state index in [1.807, 2.05) is 12.1 Å². The van der Waals surface area contributed by atoms with Crippen LogP contribution >= 0.6 is 0 Å². The summed E-state index contributed by atoms with van der Waals surface area (Å²) in [4.78, 5) is 4.48. The van der Waals surface area contributed by atoms with Gasteiger partial charge < -0.3 is 10.4 Å². The van der Waals surface area contributed by atoms with Crippen LogP contribution in [-0.4, -0.2) is 26.8 Å². The summed E-state index contributed by atoms with van der Waals surface area (Å²) in [6.45, 7) is 1.04. The Hall–Kier alpha value is -1.88. The Morgan fingerprint density at radius 1 is 1.24 bits per heavy atom. The van der Waals surface area contributed by atoms with Gasteiger partial charge in [-0.3, -0.25) is 5.10 Å². The maximum absolute atomic E-state index is 9.22. The fourth-order valence-electron chi connectivity index (χ4n) is 2.09. The first-order chi connectivity index (χ1) is 8.33. The molecule has 2 aromatic rings. The summed E-state index contributed by atoms with van der Waals surface area (Å²) in [5.74, 6) is 1.82. The molecule has 1 fully saturated rings. The SMILES string of the molecule is Oc1ccc(-c2n[nH]c(C3CCCN3)n2)cc1. The van der Waals surface area contributed by atoms with Crippen molar-refractivity contribution in [3.63, 3.8) is 0 Å². The molecular weight excluding hydrogens is 216 g/mol. The molecule has 0 aliphatic carbocycles. The normalized spacial score (nSPS) is 19.6. The van der Waals surface area contributed by atoms with Gasteiger partial charge in [-0.05, 0) is 43.7 Å². The average Bonchev–Trinajstić information content (AvgIpc) is 3.00. The Balaban J connectivity index is 1.86. The van der Waals surface area contributed by atoms with Crippen LogP contribution in [0.1, 0.15) is 24.7 Å². The fraction of sp³-hybridized carbons (Fsp3) is 0.333. The minimum absolute atomic E-state index is 0.252. The lowest BCUT2D eigenvalue weighted by molar-refractivity contribution is 0.475. The molecule has 3 N–H and O–H groups in total. The van der Waals surface area contributed by atoms with Crippen molar-refractivity contribution in [1.82, 2.24) is 20.5 Å². The number of hydrogen-bond donors (Lipinski definition) is 3. The topological polar surface area (TPSA) is 73.8 Å². The second-order valence-electron chi connectivity index (χ2n) is 4.24. The van der Waals surface area contributed by atoms with Gasteiger partial charge in [-0.15, -0.1) is 0 Å². The molecule has 5 heteroatoms. The Morgan fingerprint density at radius 3 is 2.76 bits per heavy atom. The summed E-state index contributed by atoms with van der Waals surface area (Å²) in [6.07, 6.45) is 2.28. The van der Waals surface area contributed by atoms with E-state index in [0.717, 1.165) is 24.4 Å². The zero-order valence-electron chi connectivity index (χ0n) is 9.35. The summed E-state index contributed by atoms with van der Waals surface area (Å²) in [6, 6.07) is 7.20. The molecule has 1 aliphatic rings. The van der Waals surface area contributed by atoms with E-state index in [1.165, 1.54) is 6.42 Å². The van der Waals surface area contributed by atoms with Crippen molar-refractivity contribution in [1.29, 1.82) is 0 Å². The Labute approximate surface area is 98.9 Å². The molecule has 0 amide bonds. The van der Waals surface area contributed by atoms with Crippen LogP contribution in [0.2, 0.25) is 0 Å². The van der Waals surface area contributed by atoms with Gasteiger partial charge >= 0.3 is 0 Å². The Kier molecular flexibility index (Phi) is 2.53. The molecule has 0 radical (unpaired) electrons. The van der Waals surface area contributed by atoms with Crippen LogP contribution in [0.3, 0.4) is 0 Å². The number of nitrogens with one attached hydrogen (secondary N) is 2. The molecule has 17 heavy (non-hydrogen) atoms. The number of hydrogen-bond acceptors (Lipinski definition) is 4. The van der Waals surface area contributed by atoms with Crippen molar-refractivity contribution in [2.75, 3.05) is 6.54 Å². The number of benzene rings is 1. The monoisotopic (exact) mass is 230 g/mol. The lowest BCUT2D eigenvalue weighted by Crippen LogP contribution is -2.14. The van der Waals surface area contributed by atoms with Gasteiger partial charge in [0.1, 0.15) is 11.6 Å². The highest BCUT2D eigenvalue weighted by atomic mass is 16.3. The molecule has 1 aromatic carbocycles. The molecule has 3 rings (SSSR count). The number of aromatic hydroxyl groups is 1. The molecule has 5 nitrogen and oxygen atoms in total. The van der Waals surface area contributed by atoms with Crippen molar-refractivity contribution in [2.24, 2.45) is 0 Å².